The highest BCUT2D eigenvalue weighted by molar-refractivity contribution is 7.16. The molecule has 156 valence electrons. The predicted octanol–water partition coefficient (Wildman–Crippen LogP) is 5.23. The standard InChI is InChI=1S/C23H19N3O4S/c1-14-11-16(23(31-14)26-22(27)18-5-4-10-28-18)21(25-20-6-2-3-9-24-20)15-7-8-17-19(12-15)30-13-29-17/h2-12,21H,13H2,1H3,(H,24,25)(H,26,27)/t21-/m1/s1. The Hall–Kier alpha value is -3.78. The lowest BCUT2D eigenvalue weighted by Crippen LogP contribution is -2.16. The summed E-state index contributed by atoms with van der Waals surface area (Å²) in [5.74, 6) is 2.09. The van der Waals surface area contributed by atoms with Gasteiger partial charge in [-0.15, -0.1) is 11.3 Å². The quantitative estimate of drug-likeness (QED) is 0.433. The molecule has 1 aliphatic rings. The number of aromatic nitrogens is 1. The number of thiophene rings is 1. The molecule has 3 aromatic heterocycles. The molecule has 2 N–H and O–H groups in total. The largest absolute Gasteiger partial charge is 0.459 e. The molecule has 0 spiro atoms. The van der Waals surface area contributed by atoms with Crippen LogP contribution in [0.5, 0.6) is 11.5 Å². The summed E-state index contributed by atoms with van der Waals surface area (Å²) in [5.41, 5.74) is 1.88. The number of furan rings is 1. The number of nitrogens with one attached hydrogen (secondary N) is 2. The average Bonchev–Trinajstić information content (AvgIpc) is 3.53. The van der Waals surface area contributed by atoms with Crippen molar-refractivity contribution < 1.29 is 18.7 Å². The highest BCUT2D eigenvalue weighted by Gasteiger charge is 2.25. The second-order valence-electron chi connectivity index (χ2n) is 6.98. The van der Waals surface area contributed by atoms with Gasteiger partial charge in [0.15, 0.2) is 17.3 Å². The molecule has 0 aliphatic carbocycles. The minimum absolute atomic E-state index is 0.207. The highest BCUT2D eigenvalue weighted by Crippen LogP contribution is 2.41. The minimum Gasteiger partial charge on any atom is -0.459 e. The monoisotopic (exact) mass is 433 g/mol. The summed E-state index contributed by atoms with van der Waals surface area (Å²) in [6, 6.07) is 16.6. The van der Waals surface area contributed by atoms with Crippen LogP contribution >= 0.6 is 11.3 Å². The summed E-state index contributed by atoms with van der Waals surface area (Å²) in [6.45, 7) is 2.22. The van der Waals surface area contributed by atoms with Crippen molar-refractivity contribution in [3.63, 3.8) is 0 Å². The summed E-state index contributed by atoms with van der Waals surface area (Å²) in [5, 5.41) is 7.22. The van der Waals surface area contributed by atoms with Crippen LogP contribution in [0.4, 0.5) is 10.8 Å². The first kappa shape index (κ1) is 19.2. The van der Waals surface area contributed by atoms with Crippen LogP contribution in [0, 0.1) is 6.92 Å². The number of pyridine rings is 1. The molecule has 5 rings (SSSR count). The van der Waals surface area contributed by atoms with Crippen molar-refractivity contribution in [3.05, 3.63) is 88.8 Å². The third kappa shape index (κ3) is 3.97. The van der Waals surface area contributed by atoms with Crippen molar-refractivity contribution in [2.75, 3.05) is 17.4 Å². The van der Waals surface area contributed by atoms with Crippen molar-refractivity contribution in [2.24, 2.45) is 0 Å². The Kier molecular flexibility index (Phi) is 5.05. The van der Waals surface area contributed by atoms with E-state index in [9.17, 15) is 4.79 Å². The van der Waals surface area contributed by atoms with Gasteiger partial charge in [-0.25, -0.2) is 4.98 Å². The Morgan fingerprint density at radius 3 is 2.81 bits per heavy atom. The zero-order valence-electron chi connectivity index (χ0n) is 16.6. The molecular weight excluding hydrogens is 414 g/mol. The number of hydrogen-bond acceptors (Lipinski definition) is 7. The van der Waals surface area contributed by atoms with Gasteiger partial charge in [-0.1, -0.05) is 12.1 Å². The van der Waals surface area contributed by atoms with Crippen LogP contribution in [0.2, 0.25) is 0 Å². The number of ether oxygens (including phenoxy) is 2. The average molecular weight is 433 g/mol. The number of benzene rings is 1. The van der Waals surface area contributed by atoms with Crippen LogP contribution in [-0.4, -0.2) is 17.7 Å². The number of carbonyl (C=O) groups is 1. The number of amides is 1. The molecule has 31 heavy (non-hydrogen) atoms. The second-order valence-corrected chi connectivity index (χ2v) is 8.23. The Morgan fingerprint density at radius 2 is 2.00 bits per heavy atom. The van der Waals surface area contributed by atoms with E-state index in [4.69, 9.17) is 13.9 Å². The fourth-order valence-corrected chi connectivity index (χ4v) is 4.39. The molecule has 8 heteroatoms. The number of carbonyl (C=O) groups excluding carboxylic acids is 1. The molecule has 1 amide bonds. The van der Waals surface area contributed by atoms with Gasteiger partial charge in [-0.3, -0.25) is 4.79 Å². The lowest BCUT2D eigenvalue weighted by molar-refractivity contribution is 0.0997. The Balaban J connectivity index is 1.54. The summed E-state index contributed by atoms with van der Waals surface area (Å²) >= 11 is 1.51. The van der Waals surface area contributed by atoms with Gasteiger partial charge in [-0.05, 0) is 55.0 Å². The maximum atomic E-state index is 12.6. The number of hydrogen-bond donors (Lipinski definition) is 2. The summed E-state index contributed by atoms with van der Waals surface area (Å²) in [7, 11) is 0. The van der Waals surface area contributed by atoms with Crippen LogP contribution in [-0.2, 0) is 0 Å². The van der Waals surface area contributed by atoms with Gasteiger partial charge < -0.3 is 24.5 Å². The molecule has 0 unspecified atom stereocenters. The minimum atomic E-state index is -0.296. The maximum Gasteiger partial charge on any atom is 0.291 e. The van der Waals surface area contributed by atoms with E-state index >= 15 is 0 Å². The molecule has 0 radical (unpaired) electrons. The van der Waals surface area contributed by atoms with Crippen molar-refractivity contribution in [3.8, 4) is 11.5 Å². The smallest absolute Gasteiger partial charge is 0.291 e. The molecular formula is C23H19N3O4S. The first-order chi connectivity index (χ1) is 15.2. The summed E-state index contributed by atoms with van der Waals surface area (Å²) < 4.78 is 16.3. The van der Waals surface area contributed by atoms with Gasteiger partial charge >= 0.3 is 0 Å². The molecule has 0 fully saturated rings. The fraction of sp³-hybridized carbons (Fsp3) is 0.130. The van der Waals surface area contributed by atoms with E-state index in [1.165, 1.54) is 17.6 Å². The molecule has 4 heterocycles. The van der Waals surface area contributed by atoms with Gasteiger partial charge in [0.2, 0.25) is 6.79 Å². The number of aryl methyl sites for hydroxylation is 1. The van der Waals surface area contributed by atoms with Crippen molar-refractivity contribution in [1.82, 2.24) is 4.98 Å². The SMILES string of the molecule is Cc1cc([C@H](Nc2ccccn2)c2ccc3c(c2)OCO3)c(NC(=O)c2ccco2)s1. The molecule has 1 aliphatic heterocycles. The molecule has 1 atom stereocenters. The van der Waals surface area contributed by atoms with Crippen molar-refractivity contribution in [1.29, 1.82) is 0 Å². The third-order valence-electron chi connectivity index (χ3n) is 4.85. The molecule has 1 aromatic carbocycles. The lowest BCUT2D eigenvalue weighted by Gasteiger charge is -2.21. The Bertz CT molecular complexity index is 1210. The first-order valence-corrected chi connectivity index (χ1v) is 10.5. The zero-order valence-corrected chi connectivity index (χ0v) is 17.4. The topological polar surface area (TPSA) is 85.6 Å². The van der Waals surface area contributed by atoms with Crippen LogP contribution in [0.25, 0.3) is 0 Å². The van der Waals surface area contributed by atoms with E-state index in [1.54, 1.807) is 18.3 Å². The van der Waals surface area contributed by atoms with E-state index in [1.807, 2.05) is 43.3 Å². The van der Waals surface area contributed by atoms with Crippen molar-refractivity contribution >= 4 is 28.1 Å². The van der Waals surface area contributed by atoms with Crippen LogP contribution in [0.15, 0.2) is 71.5 Å². The van der Waals surface area contributed by atoms with E-state index in [0.29, 0.717) is 11.5 Å². The first-order valence-electron chi connectivity index (χ1n) is 9.70. The van der Waals surface area contributed by atoms with Gasteiger partial charge in [-0.2, -0.15) is 0 Å². The Labute approximate surface area is 182 Å². The second kappa shape index (κ2) is 8.16. The number of nitrogens with zero attached hydrogens (tertiary/aromatic N) is 1. The zero-order chi connectivity index (χ0) is 21.2. The van der Waals surface area contributed by atoms with Gasteiger partial charge in [0.05, 0.1) is 12.3 Å². The highest BCUT2D eigenvalue weighted by atomic mass is 32.1. The van der Waals surface area contributed by atoms with E-state index in [0.717, 1.165) is 26.8 Å². The number of fused-ring (bicyclic) bond motifs is 1. The van der Waals surface area contributed by atoms with Crippen LogP contribution in [0.3, 0.4) is 0 Å². The van der Waals surface area contributed by atoms with Crippen LogP contribution < -0.4 is 20.1 Å². The third-order valence-corrected chi connectivity index (χ3v) is 5.84. The van der Waals surface area contributed by atoms with Gasteiger partial charge in [0.25, 0.3) is 5.91 Å². The van der Waals surface area contributed by atoms with Gasteiger partial charge in [0.1, 0.15) is 10.8 Å². The van der Waals surface area contributed by atoms with Crippen molar-refractivity contribution in [2.45, 2.75) is 13.0 Å². The van der Waals surface area contributed by atoms with E-state index in [-0.39, 0.29) is 24.5 Å². The number of rotatable bonds is 6. The van der Waals surface area contributed by atoms with Crippen LogP contribution in [0.1, 0.15) is 32.6 Å². The lowest BCUT2D eigenvalue weighted by atomic mass is 9.99. The Morgan fingerprint density at radius 1 is 1.10 bits per heavy atom. The molecule has 7 nitrogen and oxygen atoms in total. The fourth-order valence-electron chi connectivity index (χ4n) is 3.45. The normalized spacial score (nSPS) is 13.1. The maximum absolute atomic E-state index is 12.6. The molecule has 0 bridgehead atoms. The summed E-state index contributed by atoms with van der Waals surface area (Å²) in [6.07, 6.45) is 3.21. The number of anilines is 2. The summed E-state index contributed by atoms with van der Waals surface area (Å²) in [4.78, 5) is 18.1. The molecule has 4 aromatic rings. The molecule has 0 saturated carbocycles. The predicted molar refractivity (Wildman–Crippen MR) is 118 cm³/mol. The van der Waals surface area contributed by atoms with Gasteiger partial charge in [0, 0.05) is 16.6 Å². The van der Waals surface area contributed by atoms with E-state index < -0.39 is 0 Å². The van der Waals surface area contributed by atoms with E-state index in [2.05, 4.69) is 21.7 Å². The molecule has 0 saturated heterocycles.